The lowest BCUT2D eigenvalue weighted by molar-refractivity contribution is 0.0953. The van der Waals surface area contributed by atoms with E-state index >= 15 is 0 Å². The molecule has 0 saturated heterocycles. The maximum Gasteiger partial charge on any atom is 0.262 e. The van der Waals surface area contributed by atoms with Crippen LogP contribution < -0.4 is 5.32 Å². The van der Waals surface area contributed by atoms with Gasteiger partial charge in [-0.25, -0.2) is 0 Å². The molecule has 0 radical (unpaired) electrons. The van der Waals surface area contributed by atoms with Crippen LogP contribution in [-0.4, -0.2) is 15.2 Å². The number of hydrogen-bond acceptors (Lipinski definition) is 2. The fourth-order valence-electron chi connectivity index (χ4n) is 0.676. The standard InChI is InChI=1S/C7H5Cl4NOS/c8-6(7(9,10)11)12-5(13)4-2-1-3-14-4/h1-3,6H,(H,12,13). The summed E-state index contributed by atoms with van der Waals surface area (Å²) in [5.41, 5.74) is -1.05. The molecule has 78 valence electrons. The van der Waals surface area contributed by atoms with E-state index in [0.29, 0.717) is 4.88 Å². The van der Waals surface area contributed by atoms with Crippen LogP contribution in [0.25, 0.3) is 0 Å². The molecule has 1 heterocycles. The van der Waals surface area contributed by atoms with E-state index in [0.717, 1.165) is 0 Å². The number of carbonyl (C=O) groups is 1. The van der Waals surface area contributed by atoms with Gasteiger partial charge in [0.05, 0.1) is 4.88 Å². The molecule has 14 heavy (non-hydrogen) atoms. The van der Waals surface area contributed by atoms with Crippen molar-refractivity contribution in [1.29, 1.82) is 0 Å². The minimum atomic E-state index is -1.71. The lowest BCUT2D eigenvalue weighted by Gasteiger charge is -2.18. The number of hydrogen-bond donors (Lipinski definition) is 1. The zero-order valence-electron chi connectivity index (χ0n) is 6.64. The molecule has 1 rings (SSSR count). The Morgan fingerprint density at radius 2 is 2.14 bits per heavy atom. The molecule has 1 aromatic rings. The van der Waals surface area contributed by atoms with Gasteiger partial charge in [-0.2, -0.15) is 0 Å². The molecule has 0 spiro atoms. The average molecular weight is 293 g/mol. The van der Waals surface area contributed by atoms with Crippen LogP contribution >= 0.6 is 57.7 Å². The van der Waals surface area contributed by atoms with Gasteiger partial charge in [-0.1, -0.05) is 52.5 Å². The molecule has 2 nitrogen and oxygen atoms in total. The molecule has 0 aliphatic carbocycles. The van der Waals surface area contributed by atoms with Crippen molar-refractivity contribution in [2.45, 2.75) is 9.29 Å². The first-order valence-electron chi connectivity index (χ1n) is 3.46. The molecule has 0 saturated carbocycles. The second kappa shape index (κ2) is 4.90. The van der Waals surface area contributed by atoms with Crippen LogP contribution in [0.5, 0.6) is 0 Å². The predicted molar refractivity (Wildman–Crippen MR) is 61.7 cm³/mol. The first kappa shape index (κ1) is 12.4. The van der Waals surface area contributed by atoms with E-state index in [9.17, 15) is 4.79 Å². The van der Waals surface area contributed by atoms with Gasteiger partial charge in [0.1, 0.15) is 0 Å². The summed E-state index contributed by atoms with van der Waals surface area (Å²) in [6.07, 6.45) is 0. The van der Waals surface area contributed by atoms with Gasteiger partial charge in [0, 0.05) is 0 Å². The Hall–Kier alpha value is 0.330. The Labute approximate surface area is 105 Å². The van der Waals surface area contributed by atoms with Gasteiger partial charge < -0.3 is 5.32 Å². The Morgan fingerprint density at radius 1 is 1.50 bits per heavy atom. The van der Waals surface area contributed by atoms with Crippen molar-refractivity contribution in [3.63, 3.8) is 0 Å². The van der Waals surface area contributed by atoms with E-state index in [1.807, 2.05) is 0 Å². The van der Waals surface area contributed by atoms with Crippen molar-refractivity contribution >= 4 is 63.6 Å². The zero-order valence-corrected chi connectivity index (χ0v) is 10.5. The van der Waals surface area contributed by atoms with E-state index in [4.69, 9.17) is 46.4 Å². The second-order valence-corrected chi connectivity index (χ2v) is 6.11. The van der Waals surface area contributed by atoms with E-state index < -0.39 is 9.29 Å². The lowest BCUT2D eigenvalue weighted by Crippen LogP contribution is -2.39. The average Bonchev–Trinajstić information content (AvgIpc) is 2.53. The second-order valence-electron chi connectivity index (χ2n) is 2.35. The maximum absolute atomic E-state index is 11.4. The topological polar surface area (TPSA) is 29.1 Å². The van der Waals surface area contributed by atoms with E-state index in [-0.39, 0.29) is 5.91 Å². The highest BCUT2D eigenvalue weighted by atomic mass is 35.6. The van der Waals surface area contributed by atoms with Gasteiger partial charge in [0.25, 0.3) is 5.91 Å². The summed E-state index contributed by atoms with van der Waals surface area (Å²) < 4.78 is -1.71. The molecular formula is C7H5Cl4NOS. The van der Waals surface area contributed by atoms with Gasteiger partial charge in [-0.3, -0.25) is 4.79 Å². The summed E-state index contributed by atoms with van der Waals surface area (Å²) in [6, 6.07) is 3.40. The molecule has 0 aromatic carbocycles. The maximum atomic E-state index is 11.4. The smallest absolute Gasteiger partial charge is 0.262 e. The van der Waals surface area contributed by atoms with Crippen molar-refractivity contribution in [3.05, 3.63) is 22.4 Å². The number of alkyl halides is 4. The zero-order chi connectivity index (χ0) is 10.8. The normalized spacial score (nSPS) is 13.7. The molecule has 1 aromatic heterocycles. The van der Waals surface area contributed by atoms with Gasteiger partial charge >= 0.3 is 0 Å². The minimum Gasteiger partial charge on any atom is -0.331 e. The summed E-state index contributed by atoms with van der Waals surface area (Å²) in [7, 11) is 0. The highest BCUT2D eigenvalue weighted by Gasteiger charge is 2.32. The van der Waals surface area contributed by atoms with Crippen LogP contribution in [-0.2, 0) is 0 Å². The molecular weight excluding hydrogens is 288 g/mol. The van der Waals surface area contributed by atoms with Crippen LogP contribution in [0.1, 0.15) is 9.67 Å². The highest BCUT2D eigenvalue weighted by molar-refractivity contribution is 7.12. The summed E-state index contributed by atoms with van der Waals surface area (Å²) in [5.74, 6) is -0.355. The third-order valence-electron chi connectivity index (χ3n) is 1.29. The van der Waals surface area contributed by atoms with Gasteiger partial charge in [0.2, 0.25) is 3.79 Å². The number of rotatable bonds is 2. The fraction of sp³-hybridized carbons (Fsp3) is 0.286. The van der Waals surface area contributed by atoms with Crippen LogP contribution in [0.15, 0.2) is 17.5 Å². The number of carbonyl (C=O) groups excluding carboxylic acids is 1. The Balaban J connectivity index is 2.58. The molecule has 7 heteroatoms. The summed E-state index contributed by atoms with van der Waals surface area (Å²) in [4.78, 5) is 11.9. The Bertz CT molecular complexity index is 308. The van der Waals surface area contributed by atoms with Crippen molar-refractivity contribution in [3.8, 4) is 0 Å². The molecule has 1 amide bonds. The Morgan fingerprint density at radius 3 is 2.57 bits per heavy atom. The van der Waals surface area contributed by atoms with E-state index in [1.165, 1.54) is 11.3 Å². The molecule has 1 unspecified atom stereocenters. The van der Waals surface area contributed by atoms with Crippen molar-refractivity contribution in [2.75, 3.05) is 0 Å². The van der Waals surface area contributed by atoms with E-state index in [1.54, 1.807) is 17.5 Å². The molecule has 0 aliphatic heterocycles. The van der Waals surface area contributed by atoms with Crippen molar-refractivity contribution in [1.82, 2.24) is 5.32 Å². The molecule has 1 N–H and O–H groups in total. The van der Waals surface area contributed by atoms with Crippen molar-refractivity contribution < 1.29 is 4.79 Å². The number of thiophene rings is 1. The monoisotopic (exact) mass is 291 g/mol. The highest BCUT2D eigenvalue weighted by Crippen LogP contribution is 2.32. The quantitative estimate of drug-likeness (QED) is 0.657. The molecule has 0 aliphatic rings. The predicted octanol–water partition coefficient (Wildman–Crippen LogP) is 3.41. The van der Waals surface area contributed by atoms with Gasteiger partial charge in [-0.05, 0) is 11.4 Å². The first-order valence-corrected chi connectivity index (χ1v) is 5.91. The van der Waals surface area contributed by atoms with Crippen LogP contribution in [0, 0.1) is 0 Å². The molecule has 0 fully saturated rings. The summed E-state index contributed by atoms with van der Waals surface area (Å²) in [6.45, 7) is 0. The molecule has 1 atom stereocenters. The number of halogens is 4. The fourth-order valence-corrected chi connectivity index (χ4v) is 1.57. The third kappa shape index (κ3) is 3.48. The molecule has 0 bridgehead atoms. The minimum absolute atomic E-state index is 0.355. The number of amides is 1. The first-order chi connectivity index (χ1) is 6.41. The lowest BCUT2D eigenvalue weighted by atomic mass is 10.4. The van der Waals surface area contributed by atoms with Crippen LogP contribution in [0.2, 0.25) is 0 Å². The van der Waals surface area contributed by atoms with Crippen LogP contribution in [0.3, 0.4) is 0 Å². The van der Waals surface area contributed by atoms with E-state index in [2.05, 4.69) is 5.32 Å². The summed E-state index contributed by atoms with van der Waals surface area (Å²) >= 11 is 23.4. The third-order valence-corrected chi connectivity index (χ3v) is 3.58. The largest absolute Gasteiger partial charge is 0.331 e. The Kier molecular flexibility index (Phi) is 4.34. The van der Waals surface area contributed by atoms with Crippen LogP contribution in [0.4, 0.5) is 0 Å². The van der Waals surface area contributed by atoms with Gasteiger partial charge in [-0.15, -0.1) is 11.3 Å². The summed E-state index contributed by atoms with van der Waals surface area (Å²) in [5, 5.41) is 4.13. The number of nitrogens with one attached hydrogen (secondary N) is 1. The van der Waals surface area contributed by atoms with Gasteiger partial charge in [0.15, 0.2) is 5.50 Å². The SMILES string of the molecule is O=C(NC(Cl)C(Cl)(Cl)Cl)c1cccs1. The van der Waals surface area contributed by atoms with Crippen molar-refractivity contribution in [2.24, 2.45) is 0 Å².